The van der Waals surface area contributed by atoms with Crippen LogP contribution in [0.2, 0.25) is 0 Å². The van der Waals surface area contributed by atoms with Crippen LogP contribution in [0.25, 0.3) is 0 Å². The summed E-state index contributed by atoms with van der Waals surface area (Å²) in [5.41, 5.74) is 0.841. The maximum Gasteiger partial charge on any atom is 0.274 e. The molecule has 0 fully saturated rings. The number of pyridine rings is 1. The molecule has 0 aliphatic carbocycles. The van der Waals surface area contributed by atoms with E-state index in [2.05, 4.69) is 15.6 Å². The lowest BCUT2D eigenvalue weighted by atomic mass is 10.2. The highest BCUT2D eigenvalue weighted by molar-refractivity contribution is 6.03. The van der Waals surface area contributed by atoms with Crippen LogP contribution < -0.4 is 20.1 Å². The van der Waals surface area contributed by atoms with Gasteiger partial charge in [0, 0.05) is 11.8 Å². The molecule has 1 heterocycles. The van der Waals surface area contributed by atoms with Gasteiger partial charge in [-0.15, -0.1) is 0 Å². The van der Waals surface area contributed by atoms with Crippen molar-refractivity contribution in [2.24, 2.45) is 0 Å². The van der Waals surface area contributed by atoms with E-state index in [1.807, 2.05) is 0 Å². The molecule has 28 heavy (non-hydrogen) atoms. The van der Waals surface area contributed by atoms with Crippen molar-refractivity contribution in [2.45, 2.75) is 0 Å². The van der Waals surface area contributed by atoms with Crippen molar-refractivity contribution in [1.29, 1.82) is 0 Å². The molecule has 2 N–H and O–H groups in total. The van der Waals surface area contributed by atoms with E-state index in [1.165, 1.54) is 25.4 Å². The molecule has 1 amide bonds. The van der Waals surface area contributed by atoms with Crippen molar-refractivity contribution in [3.8, 4) is 11.5 Å². The Balaban J connectivity index is 1.72. The van der Waals surface area contributed by atoms with Gasteiger partial charge >= 0.3 is 0 Å². The lowest BCUT2D eigenvalue weighted by molar-refractivity contribution is 0.102. The Hall–Kier alpha value is -3.68. The predicted octanol–water partition coefficient (Wildman–Crippen LogP) is 4.37. The van der Waals surface area contributed by atoms with Gasteiger partial charge in [0.15, 0.2) is 11.5 Å². The van der Waals surface area contributed by atoms with E-state index in [-0.39, 0.29) is 5.69 Å². The number of aromatic nitrogens is 1. The number of amides is 1. The van der Waals surface area contributed by atoms with Gasteiger partial charge in [0.2, 0.25) is 0 Å². The van der Waals surface area contributed by atoms with E-state index in [4.69, 9.17) is 9.47 Å². The van der Waals surface area contributed by atoms with Gasteiger partial charge in [0.25, 0.3) is 5.91 Å². The SMILES string of the molecule is COc1ccc(Nc2ccc(C(=O)Nc3c(F)cccc3F)nc2)cc1OC. The Morgan fingerprint density at radius 3 is 2.21 bits per heavy atom. The van der Waals surface area contributed by atoms with Crippen LogP contribution in [0.5, 0.6) is 11.5 Å². The summed E-state index contributed by atoms with van der Waals surface area (Å²) in [6, 6.07) is 11.7. The molecule has 0 saturated carbocycles. The van der Waals surface area contributed by atoms with Crippen molar-refractivity contribution in [3.05, 3.63) is 72.1 Å². The van der Waals surface area contributed by atoms with Crippen LogP contribution >= 0.6 is 0 Å². The summed E-state index contributed by atoms with van der Waals surface area (Å²) in [4.78, 5) is 16.2. The maximum absolute atomic E-state index is 13.6. The van der Waals surface area contributed by atoms with Crippen LogP contribution in [0.1, 0.15) is 10.5 Å². The molecule has 0 radical (unpaired) electrons. The van der Waals surface area contributed by atoms with Crippen LogP contribution in [0.15, 0.2) is 54.7 Å². The molecule has 0 bridgehead atoms. The van der Waals surface area contributed by atoms with Gasteiger partial charge in [0.1, 0.15) is 23.0 Å². The fourth-order valence-electron chi connectivity index (χ4n) is 2.48. The van der Waals surface area contributed by atoms with Crippen LogP contribution in [0.3, 0.4) is 0 Å². The summed E-state index contributed by atoms with van der Waals surface area (Å²) in [5, 5.41) is 5.30. The largest absolute Gasteiger partial charge is 0.493 e. The smallest absolute Gasteiger partial charge is 0.274 e. The second kappa shape index (κ2) is 8.34. The number of hydrogen-bond acceptors (Lipinski definition) is 5. The summed E-state index contributed by atoms with van der Waals surface area (Å²) >= 11 is 0. The number of para-hydroxylation sites is 1. The molecule has 144 valence electrons. The second-order valence-electron chi connectivity index (χ2n) is 5.68. The number of nitrogens with zero attached hydrogens (tertiary/aromatic N) is 1. The quantitative estimate of drug-likeness (QED) is 0.659. The molecular weight excluding hydrogens is 368 g/mol. The molecule has 2 aromatic carbocycles. The number of nitrogens with one attached hydrogen (secondary N) is 2. The highest BCUT2D eigenvalue weighted by atomic mass is 19.1. The van der Waals surface area contributed by atoms with Crippen molar-refractivity contribution in [3.63, 3.8) is 0 Å². The molecule has 1 aromatic heterocycles. The lowest BCUT2D eigenvalue weighted by Gasteiger charge is -2.11. The van der Waals surface area contributed by atoms with Gasteiger partial charge < -0.3 is 20.1 Å². The number of rotatable bonds is 6. The molecule has 0 atom stereocenters. The van der Waals surface area contributed by atoms with Crippen molar-refractivity contribution in [1.82, 2.24) is 4.98 Å². The zero-order valence-electron chi connectivity index (χ0n) is 15.1. The predicted molar refractivity (Wildman–Crippen MR) is 101 cm³/mol. The molecule has 0 unspecified atom stereocenters. The molecule has 0 saturated heterocycles. The Bertz CT molecular complexity index is 974. The van der Waals surface area contributed by atoms with Crippen LogP contribution in [-0.2, 0) is 0 Å². The number of carbonyl (C=O) groups is 1. The second-order valence-corrected chi connectivity index (χ2v) is 5.68. The monoisotopic (exact) mass is 385 g/mol. The molecule has 0 spiro atoms. The standard InChI is InChI=1S/C20H17F2N3O3/c1-27-17-9-7-12(10-18(17)28-2)24-13-6-8-16(23-11-13)20(26)25-19-14(21)4-3-5-15(19)22/h3-11,24H,1-2H3,(H,25,26). The summed E-state index contributed by atoms with van der Waals surface area (Å²) < 4.78 is 37.7. The Morgan fingerprint density at radius 2 is 1.61 bits per heavy atom. The van der Waals surface area contributed by atoms with E-state index in [0.29, 0.717) is 17.2 Å². The van der Waals surface area contributed by atoms with E-state index in [1.54, 1.807) is 31.4 Å². The third-order valence-electron chi connectivity index (χ3n) is 3.87. The molecule has 0 aliphatic rings. The Kier molecular flexibility index (Phi) is 5.69. The van der Waals surface area contributed by atoms with E-state index in [9.17, 15) is 13.6 Å². The fourth-order valence-corrected chi connectivity index (χ4v) is 2.48. The topological polar surface area (TPSA) is 72.5 Å². The van der Waals surface area contributed by atoms with Gasteiger partial charge in [-0.2, -0.15) is 0 Å². The molecule has 0 aliphatic heterocycles. The average Bonchev–Trinajstić information content (AvgIpc) is 2.71. The highest BCUT2D eigenvalue weighted by Crippen LogP contribution is 2.31. The van der Waals surface area contributed by atoms with Crippen LogP contribution in [0, 0.1) is 11.6 Å². The first-order valence-electron chi connectivity index (χ1n) is 8.22. The average molecular weight is 385 g/mol. The van der Waals surface area contributed by atoms with Crippen molar-refractivity contribution in [2.75, 3.05) is 24.9 Å². The first kappa shape index (κ1) is 19.1. The number of hydrogen-bond donors (Lipinski definition) is 2. The normalized spacial score (nSPS) is 10.3. The van der Waals surface area contributed by atoms with Gasteiger partial charge in [-0.05, 0) is 36.4 Å². The van der Waals surface area contributed by atoms with Crippen molar-refractivity contribution >= 4 is 23.0 Å². The number of anilines is 3. The third kappa shape index (κ3) is 4.17. The minimum atomic E-state index is -0.861. The van der Waals surface area contributed by atoms with Crippen LogP contribution in [0.4, 0.5) is 25.8 Å². The zero-order valence-corrected chi connectivity index (χ0v) is 15.1. The number of halogens is 2. The minimum absolute atomic E-state index is 0.0144. The molecule has 3 aromatic rings. The third-order valence-corrected chi connectivity index (χ3v) is 3.87. The Labute approximate surface area is 160 Å². The number of ether oxygens (including phenoxy) is 2. The lowest BCUT2D eigenvalue weighted by Crippen LogP contribution is -2.15. The molecule has 3 rings (SSSR count). The summed E-state index contributed by atoms with van der Waals surface area (Å²) in [6.07, 6.45) is 1.43. The van der Waals surface area contributed by atoms with Gasteiger partial charge in [-0.25, -0.2) is 13.8 Å². The number of carbonyl (C=O) groups excluding carboxylic acids is 1. The molecule has 6 nitrogen and oxygen atoms in total. The fraction of sp³-hybridized carbons (Fsp3) is 0.100. The van der Waals surface area contributed by atoms with Crippen molar-refractivity contribution < 1.29 is 23.0 Å². The molecule has 8 heteroatoms. The van der Waals surface area contributed by atoms with Crippen LogP contribution in [-0.4, -0.2) is 25.1 Å². The first-order chi connectivity index (χ1) is 13.5. The maximum atomic E-state index is 13.6. The van der Waals surface area contributed by atoms with E-state index < -0.39 is 23.2 Å². The van der Waals surface area contributed by atoms with Gasteiger partial charge in [0.05, 0.1) is 26.1 Å². The zero-order chi connectivity index (χ0) is 20.1. The number of benzene rings is 2. The minimum Gasteiger partial charge on any atom is -0.493 e. The summed E-state index contributed by atoms with van der Waals surface area (Å²) in [5.74, 6) is -1.29. The summed E-state index contributed by atoms with van der Waals surface area (Å²) in [7, 11) is 3.08. The first-order valence-corrected chi connectivity index (χ1v) is 8.22. The van der Waals surface area contributed by atoms with E-state index in [0.717, 1.165) is 17.8 Å². The highest BCUT2D eigenvalue weighted by Gasteiger charge is 2.14. The van der Waals surface area contributed by atoms with Gasteiger partial charge in [-0.3, -0.25) is 4.79 Å². The van der Waals surface area contributed by atoms with E-state index >= 15 is 0 Å². The van der Waals surface area contributed by atoms with Gasteiger partial charge in [-0.1, -0.05) is 6.07 Å². The Morgan fingerprint density at radius 1 is 0.929 bits per heavy atom. The number of methoxy groups -OCH3 is 2. The summed E-state index contributed by atoms with van der Waals surface area (Å²) in [6.45, 7) is 0. The molecular formula is C20H17F2N3O3.